The fourth-order valence-corrected chi connectivity index (χ4v) is 3.39. The van der Waals surface area contributed by atoms with Gasteiger partial charge in [0.15, 0.2) is 0 Å². The predicted molar refractivity (Wildman–Crippen MR) is 127 cm³/mol. The fraction of sp³-hybridized carbons (Fsp3) is 0.320. The highest BCUT2D eigenvalue weighted by Gasteiger charge is 2.12. The molecule has 1 aromatic heterocycles. The van der Waals surface area contributed by atoms with Crippen LogP contribution in [0.3, 0.4) is 0 Å². The van der Waals surface area contributed by atoms with Crippen molar-refractivity contribution in [3.8, 4) is 0 Å². The number of guanidine groups is 1. The van der Waals surface area contributed by atoms with E-state index in [0.29, 0.717) is 18.1 Å². The molecule has 6 heteroatoms. The highest BCUT2D eigenvalue weighted by molar-refractivity contribution is 6.10. The number of anilines is 1. The molecule has 3 rings (SSSR count). The van der Waals surface area contributed by atoms with Gasteiger partial charge < -0.3 is 5.32 Å². The van der Waals surface area contributed by atoms with Gasteiger partial charge in [0.05, 0.1) is 12.2 Å². The largest absolute Gasteiger partial charge is 0.326 e. The number of amides is 1. The van der Waals surface area contributed by atoms with Crippen LogP contribution in [0.15, 0.2) is 53.7 Å². The molecule has 0 aliphatic heterocycles. The molecule has 0 aliphatic carbocycles. The topological polar surface area (TPSA) is 71.3 Å². The van der Waals surface area contributed by atoms with Gasteiger partial charge in [-0.15, -0.1) is 0 Å². The second kappa shape index (κ2) is 10.1. The summed E-state index contributed by atoms with van der Waals surface area (Å²) in [5.41, 5.74) is 6.74. The zero-order valence-corrected chi connectivity index (χ0v) is 19.0. The van der Waals surface area contributed by atoms with Crippen molar-refractivity contribution in [1.29, 1.82) is 0 Å². The Morgan fingerprint density at radius 1 is 1.00 bits per heavy atom. The van der Waals surface area contributed by atoms with Gasteiger partial charge in [0.25, 0.3) is 5.91 Å². The van der Waals surface area contributed by atoms with Gasteiger partial charge in [-0.25, -0.2) is 4.99 Å². The quantitative estimate of drug-likeness (QED) is 0.441. The first-order chi connectivity index (χ1) is 14.8. The lowest BCUT2D eigenvalue weighted by Gasteiger charge is -2.13. The molecule has 1 amide bonds. The Hall–Kier alpha value is -3.41. The summed E-state index contributed by atoms with van der Waals surface area (Å²) in [6.07, 6.45) is 3.05. The van der Waals surface area contributed by atoms with Crippen LogP contribution in [-0.2, 0) is 13.1 Å². The number of hydrogen-bond donors (Lipinski definition) is 2. The molecule has 0 saturated carbocycles. The van der Waals surface area contributed by atoms with Gasteiger partial charge in [-0.05, 0) is 58.4 Å². The first-order valence-corrected chi connectivity index (χ1v) is 10.6. The van der Waals surface area contributed by atoms with Crippen molar-refractivity contribution in [2.24, 2.45) is 4.99 Å². The number of rotatable bonds is 6. The van der Waals surface area contributed by atoms with Crippen LogP contribution in [0.2, 0.25) is 0 Å². The monoisotopic (exact) mass is 417 g/mol. The maximum atomic E-state index is 12.9. The number of nitrogens with zero attached hydrogens (tertiary/aromatic N) is 3. The number of nitrogens with one attached hydrogen (secondary N) is 2. The molecule has 0 radical (unpaired) electrons. The number of carbonyl (C=O) groups excluding carboxylic acids is 1. The van der Waals surface area contributed by atoms with Gasteiger partial charge >= 0.3 is 0 Å². The zero-order chi connectivity index (χ0) is 22.4. The second-order valence-electron chi connectivity index (χ2n) is 7.99. The molecular weight excluding hydrogens is 386 g/mol. The average molecular weight is 418 g/mol. The number of hydrogen-bond acceptors (Lipinski definition) is 3. The van der Waals surface area contributed by atoms with Crippen LogP contribution in [0.25, 0.3) is 0 Å². The smallest absolute Gasteiger partial charge is 0.257 e. The van der Waals surface area contributed by atoms with E-state index in [0.717, 1.165) is 41.0 Å². The van der Waals surface area contributed by atoms with Gasteiger partial charge in [0.2, 0.25) is 5.96 Å². The Bertz CT molecular complexity index is 1060. The zero-order valence-electron chi connectivity index (χ0n) is 19.0. The summed E-state index contributed by atoms with van der Waals surface area (Å²) in [4.78, 5) is 17.6. The van der Waals surface area contributed by atoms with Crippen LogP contribution in [0, 0.1) is 27.7 Å². The highest BCUT2D eigenvalue weighted by Crippen LogP contribution is 2.12. The normalized spacial score (nSPS) is 11.5. The van der Waals surface area contributed by atoms with Gasteiger partial charge in [-0.2, -0.15) is 5.10 Å². The van der Waals surface area contributed by atoms with Crippen molar-refractivity contribution in [2.75, 3.05) is 5.32 Å². The van der Waals surface area contributed by atoms with Crippen LogP contribution in [0.5, 0.6) is 0 Å². The lowest BCUT2D eigenvalue weighted by molar-refractivity contribution is 0.0976. The van der Waals surface area contributed by atoms with E-state index >= 15 is 0 Å². The minimum Gasteiger partial charge on any atom is -0.326 e. The molecule has 0 fully saturated rings. The summed E-state index contributed by atoms with van der Waals surface area (Å²) >= 11 is 0. The first kappa shape index (κ1) is 22.3. The molecule has 0 atom stereocenters. The molecule has 6 nitrogen and oxygen atoms in total. The average Bonchev–Trinajstić information content (AvgIpc) is 3.06. The van der Waals surface area contributed by atoms with Crippen LogP contribution in [0.4, 0.5) is 5.69 Å². The summed E-state index contributed by atoms with van der Waals surface area (Å²) < 4.78 is 1.95. The molecule has 0 bridgehead atoms. The molecule has 162 valence electrons. The number of carbonyl (C=O) groups is 1. The van der Waals surface area contributed by atoms with Crippen molar-refractivity contribution < 1.29 is 4.79 Å². The molecule has 2 aromatic carbocycles. The highest BCUT2D eigenvalue weighted by atomic mass is 16.1. The summed E-state index contributed by atoms with van der Waals surface area (Å²) in [7, 11) is 0. The summed E-state index contributed by atoms with van der Waals surface area (Å²) in [6.45, 7) is 11.4. The number of aliphatic imine (C=N–C) groups is 1. The van der Waals surface area contributed by atoms with Gasteiger partial charge in [0, 0.05) is 29.6 Å². The first-order valence-electron chi connectivity index (χ1n) is 10.6. The maximum absolute atomic E-state index is 12.9. The van der Waals surface area contributed by atoms with E-state index in [2.05, 4.69) is 27.6 Å². The van der Waals surface area contributed by atoms with Crippen LogP contribution in [0.1, 0.15) is 51.7 Å². The van der Waals surface area contributed by atoms with Crippen molar-refractivity contribution in [3.05, 3.63) is 82.2 Å². The van der Waals surface area contributed by atoms with Crippen molar-refractivity contribution in [2.45, 2.75) is 54.1 Å². The van der Waals surface area contributed by atoms with Gasteiger partial charge in [-0.3, -0.25) is 14.8 Å². The van der Waals surface area contributed by atoms with Crippen LogP contribution >= 0.6 is 0 Å². The van der Waals surface area contributed by atoms with E-state index in [4.69, 9.17) is 0 Å². The van der Waals surface area contributed by atoms with E-state index in [-0.39, 0.29) is 5.91 Å². The molecule has 0 saturated heterocycles. The van der Waals surface area contributed by atoms with E-state index in [1.165, 1.54) is 5.56 Å². The lowest BCUT2D eigenvalue weighted by atomic mass is 10.1. The standard InChI is InChI=1S/C25H31N5O/c1-6-11-30-16-22(20(5)29-30)15-26-25(27-23-9-7-17(2)8-10-23)28-24(31)21-13-18(3)12-19(4)14-21/h7-10,12-14,16H,6,11,15H2,1-5H3,(H2,26,27,28,31). The minimum atomic E-state index is -0.191. The number of aryl methyl sites for hydroxylation is 5. The van der Waals surface area contributed by atoms with E-state index < -0.39 is 0 Å². The molecule has 2 N–H and O–H groups in total. The Kier molecular flexibility index (Phi) is 7.23. The lowest BCUT2D eigenvalue weighted by Crippen LogP contribution is -2.36. The Balaban J connectivity index is 1.83. The maximum Gasteiger partial charge on any atom is 0.257 e. The van der Waals surface area contributed by atoms with E-state index in [1.807, 2.05) is 81.0 Å². The summed E-state index contributed by atoms with van der Waals surface area (Å²) in [5.74, 6) is 0.221. The molecular formula is C25H31N5O. The third-order valence-corrected chi connectivity index (χ3v) is 4.94. The van der Waals surface area contributed by atoms with Crippen molar-refractivity contribution in [1.82, 2.24) is 15.1 Å². The SMILES string of the molecule is CCCn1cc(CN=C(NC(=O)c2cc(C)cc(C)c2)Nc2ccc(C)cc2)c(C)n1. The Morgan fingerprint density at radius 3 is 2.32 bits per heavy atom. The van der Waals surface area contributed by atoms with Crippen LogP contribution in [-0.4, -0.2) is 21.6 Å². The van der Waals surface area contributed by atoms with Crippen molar-refractivity contribution >= 4 is 17.6 Å². The number of aromatic nitrogens is 2. The fourth-order valence-electron chi connectivity index (χ4n) is 3.39. The summed E-state index contributed by atoms with van der Waals surface area (Å²) in [6, 6.07) is 13.8. The van der Waals surface area contributed by atoms with Gasteiger partial charge in [0.1, 0.15) is 0 Å². The second-order valence-corrected chi connectivity index (χ2v) is 7.99. The number of benzene rings is 2. The van der Waals surface area contributed by atoms with E-state index in [9.17, 15) is 4.79 Å². The van der Waals surface area contributed by atoms with Crippen LogP contribution < -0.4 is 10.6 Å². The molecule has 3 aromatic rings. The molecule has 0 aliphatic rings. The minimum absolute atomic E-state index is 0.191. The van der Waals surface area contributed by atoms with Gasteiger partial charge in [-0.1, -0.05) is 41.8 Å². The Labute approximate surface area is 184 Å². The third kappa shape index (κ3) is 6.28. The predicted octanol–water partition coefficient (Wildman–Crippen LogP) is 4.92. The molecule has 31 heavy (non-hydrogen) atoms. The molecule has 0 unspecified atom stereocenters. The third-order valence-electron chi connectivity index (χ3n) is 4.94. The van der Waals surface area contributed by atoms with Crippen molar-refractivity contribution in [3.63, 3.8) is 0 Å². The summed E-state index contributed by atoms with van der Waals surface area (Å²) in [5, 5.41) is 10.7. The molecule has 0 spiro atoms. The van der Waals surface area contributed by atoms with E-state index in [1.54, 1.807) is 0 Å². The Morgan fingerprint density at radius 2 is 1.68 bits per heavy atom. The molecule has 1 heterocycles.